The maximum atomic E-state index is 13.1. The Kier molecular flexibility index (Phi) is 5.72. The first-order chi connectivity index (χ1) is 12.8. The molecule has 3 rings (SSSR count). The van der Waals surface area contributed by atoms with Gasteiger partial charge in [-0.25, -0.2) is 13.2 Å². The highest BCUT2D eigenvalue weighted by molar-refractivity contribution is 7.89. The Balaban J connectivity index is 1.73. The molecule has 0 bridgehead atoms. The smallest absolute Gasteiger partial charge is 0.354 e. The van der Waals surface area contributed by atoms with Crippen LogP contribution < -0.4 is 0 Å². The van der Waals surface area contributed by atoms with E-state index in [0.29, 0.717) is 24.7 Å². The van der Waals surface area contributed by atoms with Crippen LogP contribution in [0.25, 0.3) is 0 Å². The third kappa shape index (κ3) is 3.94. The number of methoxy groups -OCH3 is 1. The first-order valence-electron chi connectivity index (χ1n) is 9.13. The molecule has 0 aliphatic carbocycles. The summed E-state index contributed by atoms with van der Waals surface area (Å²) in [6.45, 7) is 2.71. The second-order valence-electron chi connectivity index (χ2n) is 7.07. The molecule has 0 N–H and O–H groups in total. The van der Waals surface area contributed by atoms with E-state index >= 15 is 0 Å². The lowest BCUT2D eigenvalue weighted by atomic mass is 9.91. The summed E-state index contributed by atoms with van der Waals surface area (Å²) in [7, 11) is -0.666. The zero-order valence-corrected chi connectivity index (χ0v) is 16.8. The molecule has 1 aromatic carbocycles. The fraction of sp³-hybridized carbons (Fsp3) is 0.450. The molecule has 2 aromatic rings. The van der Waals surface area contributed by atoms with Crippen molar-refractivity contribution < 1.29 is 17.9 Å². The van der Waals surface area contributed by atoms with E-state index in [-0.39, 0.29) is 10.6 Å². The number of carbonyl (C=O) groups excluding carboxylic acids is 1. The lowest BCUT2D eigenvalue weighted by molar-refractivity contribution is 0.0589. The number of piperidine rings is 1. The molecule has 27 heavy (non-hydrogen) atoms. The van der Waals surface area contributed by atoms with Gasteiger partial charge in [0.15, 0.2) is 0 Å². The maximum Gasteiger partial charge on any atom is 0.354 e. The molecular weight excluding hydrogens is 364 g/mol. The molecule has 2 heterocycles. The van der Waals surface area contributed by atoms with E-state index < -0.39 is 16.0 Å². The van der Waals surface area contributed by atoms with Gasteiger partial charge in [-0.2, -0.15) is 4.31 Å². The maximum absolute atomic E-state index is 13.1. The highest BCUT2D eigenvalue weighted by atomic mass is 32.2. The van der Waals surface area contributed by atoms with Crippen molar-refractivity contribution in [2.75, 3.05) is 20.2 Å². The second kappa shape index (κ2) is 7.86. The Morgan fingerprint density at radius 3 is 2.41 bits per heavy atom. The van der Waals surface area contributed by atoms with E-state index in [1.165, 1.54) is 23.0 Å². The molecular formula is C20H26N2O4S. The van der Waals surface area contributed by atoms with Gasteiger partial charge in [0, 0.05) is 25.8 Å². The van der Waals surface area contributed by atoms with E-state index in [1.54, 1.807) is 18.5 Å². The molecule has 7 heteroatoms. The van der Waals surface area contributed by atoms with Gasteiger partial charge in [-0.15, -0.1) is 0 Å². The Labute approximate surface area is 160 Å². The first kappa shape index (κ1) is 19.6. The van der Waals surface area contributed by atoms with Crippen molar-refractivity contribution in [1.29, 1.82) is 0 Å². The van der Waals surface area contributed by atoms with Crippen molar-refractivity contribution in [1.82, 2.24) is 8.87 Å². The molecule has 1 aliphatic rings. The Morgan fingerprint density at radius 1 is 1.19 bits per heavy atom. The van der Waals surface area contributed by atoms with Crippen molar-refractivity contribution in [3.8, 4) is 0 Å². The lowest BCUT2D eigenvalue weighted by Gasteiger charge is -2.31. The van der Waals surface area contributed by atoms with Gasteiger partial charge in [0.2, 0.25) is 10.0 Å². The average Bonchev–Trinajstić information content (AvgIpc) is 2.98. The van der Waals surface area contributed by atoms with Crippen LogP contribution in [0, 0.1) is 12.8 Å². The average molecular weight is 391 g/mol. The second-order valence-corrected chi connectivity index (χ2v) is 8.97. The number of sulfonamides is 1. The number of hydrogen-bond acceptors (Lipinski definition) is 4. The molecule has 1 aromatic heterocycles. The minimum Gasteiger partial charge on any atom is -0.464 e. The molecule has 1 saturated heterocycles. The molecule has 1 fully saturated rings. The van der Waals surface area contributed by atoms with E-state index in [1.807, 2.05) is 18.2 Å². The lowest BCUT2D eigenvalue weighted by Crippen LogP contribution is -2.39. The normalized spacial score (nSPS) is 16.4. The molecule has 0 spiro atoms. The summed E-state index contributed by atoms with van der Waals surface area (Å²) in [5.74, 6) is -0.0510. The summed E-state index contributed by atoms with van der Waals surface area (Å²) in [6, 6.07) is 11.7. The van der Waals surface area contributed by atoms with Crippen molar-refractivity contribution in [3.63, 3.8) is 0 Å². The summed E-state index contributed by atoms with van der Waals surface area (Å²) >= 11 is 0. The van der Waals surface area contributed by atoms with E-state index in [9.17, 15) is 13.2 Å². The number of esters is 1. The minimum absolute atomic E-state index is 0.187. The zero-order valence-electron chi connectivity index (χ0n) is 16.0. The fourth-order valence-electron chi connectivity index (χ4n) is 3.67. The van der Waals surface area contributed by atoms with Gasteiger partial charge in [0.05, 0.1) is 7.11 Å². The SMILES string of the molecule is COC(=O)c1cc(S(=O)(=O)N2CCC(Cc3ccccc3)CC2)c(C)n1C. The molecule has 0 atom stereocenters. The zero-order chi connectivity index (χ0) is 19.6. The standard InChI is InChI=1S/C20H26N2O4S/c1-15-19(14-18(21(15)2)20(23)26-3)27(24,25)22-11-9-17(10-12-22)13-16-7-5-4-6-8-16/h4-8,14,17H,9-13H2,1-3H3. The monoisotopic (exact) mass is 390 g/mol. The number of ether oxygens (including phenoxy) is 1. The van der Waals surface area contributed by atoms with Crippen LogP contribution in [0.2, 0.25) is 0 Å². The van der Waals surface area contributed by atoms with Crippen LogP contribution in [-0.4, -0.2) is 43.5 Å². The van der Waals surface area contributed by atoms with Gasteiger partial charge in [-0.05, 0) is 43.7 Å². The van der Waals surface area contributed by atoms with Crippen molar-refractivity contribution >= 4 is 16.0 Å². The summed E-state index contributed by atoms with van der Waals surface area (Å²) in [4.78, 5) is 12.1. The number of hydrogen-bond donors (Lipinski definition) is 0. The minimum atomic E-state index is -3.63. The molecule has 0 radical (unpaired) electrons. The molecule has 0 amide bonds. The molecule has 0 unspecified atom stereocenters. The van der Waals surface area contributed by atoms with Crippen LogP contribution in [0.1, 0.15) is 34.6 Å². The van der Waals surface area contributed by atoms with Crippen molar-refractivity contribution in [3.05, 3.63) is 53.3 Å². The molecule has 6 nitrogen and oxygen atoms in total. The number of rotatable bonds is 5. The van der Waals surface area contributed by atoms with Gasteiger partial charge in [0.25, 0.3) is 0 Å². The number of carbonyl (C=O) groups is 1. The van der Waals surface area contributed by atoms with Gasteiger partial charge >= 0.3 is 5.97 Å². The third-order valence-electron chi connectivity index (χ3n) is 5.44. The van der Waals surface area contributed by atoms with Crippen LogP contribution in [0.3, 0.4) is 0 Å². The van der Waals surface area contributed by atoms with Crippen molar-refractivity contribution in [2.45, 2.75) is 31.1 Å². The third-order valence-corrected chi connectivity index (χ3v) is 7.46. The summed E-state index contributed by atoms with van der Waals surface area (Å²) in [5.41, 5.74) is 2.08. The largest absolute Gasteiger partial charge is 0.464 e. The molecule has 146 valence electrons. The van der Waals surface area contributed by atoms with E-state index in [4.69, 9.17) is 4.74 Å². The highest BCUT2D eigenvalue weighted by Crippen LogP contribution is 2.29. The Morgan fingerprint density at radius 2 is 1.81 bits per heavy atom. The van der Waals surface area contributed by atoms with Gasteiger partial charge < -0.3 is 9.30 Å². The van der Waals surface area contributed by atoms with Crippen LogP contribution >= 0.6 is 0 Å². The van der Waals surface area contributed by atoms with Crippen LogP contribution in [0.5, 0.6) is 0 Å². The van der Waals surface area contributed by atoms with E-state index in [0.717, 1.165) is 19.3 Å². The topological polar surface area (TPSA) is 68.6 Å². The first-order valence-corrected chi connectivity index (χ1v) is 10.6. The van der Waals surface area contributed by atoms with Crippen LogP contribution in [0.15, 0.2) is 41.3 Å². The summed E-state index contributed by atoms with van der Waals surface area (Å²) < 4.78 is 34.1. The molecule has 0 saturated carbocycles. The predicted octanol–water partition coefficient (Wildman–Crippen LogP) is 2.76. The Hall–Kier alpha value is -2.12. The van der Waals surface area contributed by atoms with Crippen LogP contribution in [-0.2, 0) is 28.2 Å². The van der Waals surface area contributed by atoms with Gasteiger partial charge in [-0.1, -0.05) is 30.3 Å². The fourth-order valence-corrected chi connectivity index (χ4v) is 5.41. The Bertz CT molecular complexity index is 911. The number of nitrogens with zero attached hydrogens (tertiary/aromatic N) is 2. The van der Waals surface area contributed by atoms with Gasteiger partial charge in [0.1, 0.15) is 10.6 Å². The van der Waals surface area contributed by atoms with Crippen molar-refractivity contribution in [2.24, 2.45) is 13.0 Å². The predicted molar refractivity (Wildman–Crippen MR) is 103 cm³/mol. The van der Waals surface area contributed by atoms with E-state index in [2.05, 4.69) is 12.1 Å². The number of aromatic nitrogens is 1. The number of benzene rings is 1. The summed E-state index contributed by atoms with van der Waals surface area (Å²) in [6.07, 6.45) is 2.65. The highest BCUT2D eigenvalue weighted by Gasteiger charge is 2.33. The summed E-state index contributed by atoms with van der Waals surface area (Å²) in [5, 5.41) is 0. The van der Waals surface area contributed by atoms with Gasteiger partial charge in [-0.3, -0.25) is 0 Å². The molecule has 1 aliphatic heterocycles. The van der Waals surface area contributed by atoms with Crippen LogP contribution in [0.4, 0.5) is 0 Å². The quantitative estimate of drug-likeness (QED) is 0.736.